The Bertz CT molecular complexity index is 583. The first-order chi connectivity index (χ1) is 9.21. The van der Waals surface area contributed by atoms with Crippen molar-refractivity contribution in [1.82, 2.24) is 0 Å². The molecular weight excluding hydrogens is 244 g/mol. The summed E-state index contributed by atoms with van der Waals surface area (Å²) in [5.41, 5.74) is 2.69. The zero-order valence-electron chi connectivity index (χ0n) is 11.5. The highest BCUT2D eigenvalue weighted by Crippen LogP contribution is 2.32. The molecular formula is C15H18O4. The molecule has 0 bridgehead atoms. The number of methoxy groups -OCH3 is 1. The van der Waals surface area contributed by atoms with Crippen LogP contribution in [0.1, 0.15) is 25.0 Å². The van der Waals surface area contributed by atoms with Crippen LogP contribution in [-0.4, -0.2) is 19.7 Å². The molecule has 0 aliphatic heterocycles. The van der Waals surface area contributed by atoms with Gasteiger partial charge in [0.2, 0.25) is 0 Å². The van der Waals surface area contributed by atoms with Gasteiger partial charge in [-0.2, -0.15) is 0 Å². The minimum Gasteiger partial charge on any atom is -0.496 e. The number of rotatable bonds is 5. The van der Waals surface area contributed by atoms with Gasteiger partial charge >= 0.3 is 5.97 Å². The van der Waals surface area contributed by atoms with Gasteiger partial charge in [-0.25, -0.2) is 0 Å². The molecule has 2 aromatic rings. The van der Waals surface area contributed by atoms with Crippen LogP contribution >= 0.6 is 0 Å². The quantitative estimate of drug-likeness (QED) is 0.777. The van der Waals surface area contributed by atoms with E-state index in [1.54, 1.807) is 20.3 Å². The summed E-state index contributed by atoms with van der Waals surface area (Å²) in [6, 6.07) is 3.75. The predicted molar refractivity (Wildman–Crippen MR) is 72.5 cm³/mol. The second-order valence-electron chi connectivity index (χ2n) is 4.22. The van der Waals surface area contributed by atoms with Crippen LogP contribution in [0.4, 0.5) is 0 Å². The molecule has 0 spiro atoms. The molecule has 0 radical (unpaired) electrons. The van der Waals surface area contributed by atoms with Gasteiger partial charge in [0.1, 0.15) is 11.3 Å². The highest BCUT2D eigenvalue weighted by atomic mass is 16.5. The van der Waals surface area contributed by atoms with Crippen molar-refractivity contribution in [2.45, 2.75) is 26.7 Å². The summed E-state index contributed by atoms with van der Waals surface area (Å²) in [6.45, 7) is 4.24. The van der Waals surface area contributed by atoms with Gasteiger partial charge in [-0.05, 0) is 25.5 Å². The third-order valence-electron chi connectivity index (χ3n) is 3.09. The smallest absolute Gasteiger partial charge is 0.310 e. The molecule has 0 aliphatic rings. The van der Waals surface area contributed by atoms with E-state index in [0.29, 0.717) is 6.61 Å². The van der Waals surface area contributed by atoms with E-state index in [1.807, 2.05) is 12.1 Å². The van der Waals surface area contributed by atoms with Crippen LogP contribution in [0.3, 0.4) is 0 Å². The topological polar surface area (TPSA) is 48.7 Å². The Kier molecular flexibility index (Phi) is 4.10. The standard InChI is InChI=1S/C15H18O4/c1-4-11-12(17-3)6-7-13-15(11)10(9-19-13)8-14(16)18-5-2/h6-7,9H,4-5,8H2,1-3H3. The summed E-state index contributed by atoms with van der Waals surface area (Å²) in [5.74, 6) is 0.580. The monoisotopic (exact) mass is 262 g/mol. The van der Waals surface area contributed by atoms with Crippen LogP contribution in [0.5, 0.6) is 5.75 Å². The molecule has 0 aliphatic carbocycles. The molecule has 1 heterocycles. The molecule has 0 saturated carbocycles. The summed E-state index contributed by atoms with van der Waals surface area (Å²) in [6.07, 6.45) is 2.66. The molecule has 0 fully saturated rings. The van der Waals surface area contributed by atoms with Crippen molar-refractivity contribution >= 4 is 16.9 Å². The van der Waals surface area contributed by atoms with Crippen LogP contribution in [0.2, 0.25) is 0 Å². The average Bonchev–Trinajstić information content (AvgIpc) is 2.81. The summed E-state index contributed by atoms with van der Waals surface area (Å²) in [7, 11) is 1.64. The second kappa shape index (κ2) is 5.78. The van der Waals surface area contributed by atoms with Gasteiger partial charge in [0, 0.05) is 16.5 Å². The number of fused-ring (bicyclic) bond motifs is 1. The van der Waals surface area contributed by atoms with Crippen molar-refractivity contribution in [3.05, 3.63) is 29.5 Å². The number of hydrogen-bond acceptors (Lipinski definition) is 4. The largest absolute Gasteiger partial charge is 0.496 e. The molecule has 19 heavy (non-hydrogen) atoms. The SMILES string of the molecule is CCOC(=O)Cc1coc2ccc(OC)c(CC)c12. The van der Waals surface area contributed by atoms with E-state index in [2.05, 4.69) is 6.92 Å². The van der Waals surface area contributed by atoms with E-state index >= 15 is 0 Å². The highest BCUT2D eigenvalue weighted by molar-refractivity contribution is 5.90. The van der Waals surface area contributed by atoms with E-state index in [0.717, 1.165) is 34.3 Å². The van der Waals surface area contributed by atoms with E-state index in [1.165, 1.54) is 0 Å². The average molecular weight is 262 g/mol. The van der Waals surface area contributed by atoms with E-state index in [-0.39, 0.29) is 12.4 Å². The van der Waals surface area contributed by atoms with Crippen molar-refractivity contribution in [2.24, 2.45) is 0 Å². The number of hydrogen-bond donors (Lipinski definition) is 0. The zero-order valence-corrected chi connectivity index (χ0v) is 11.5. The maximum absolute atomic E-state index is 11.6. The second-order valence-corrected chi connectivity index (χ2v) is 4.22. The molecule has 0 N–H and O–H groups in total. The van der Waals surface area contributed by atoms with E-state index in [9.17, 15) is 4.79 Å². The van der Waals surface area contributed by atoms with Crippen LogP contribution in [0, 0.1) is 0 Å². The first-order valence-electron chi connectivity index (χ1n) is 6.42. The van der Waals surface area contributed by atoms with E-state index < -0.39 is 0 Å². The van der Waals surface area contributed by atoms with Gasteiger partial charge in [-0.3, -0.25) is 4.79 Å². The lowest BCUT2D eigenvalue weighted by Gasteiger charge is -2.08. The number of esters is 1. The first kappa shape index (κ1) is 13.5. The normalized spacial score (nSPS) is 10.7. The number of carbonyl (C=O) groups excluding carboxylic acids is 1. The van der Waals surface area contributed by atoms with Gasteiger partial charge in [-0.15, -0.1) is 0 Å². The summed E-state index contributed by atoms with van der Waals surface area (Å²) in [5, 5.41) is 0.968. The molecule has 1 aromatic heterocycles. The summed E-state index contributed by atoms with van der Waals surface area (Å²) < 4.78 is 15.9. The number of benzene rings is 1. The molecule has 4 nitrogen and oxygen atoms in total. The van der Waals surface area contributed by atoms with Crippen LogP contribution in [0.25, 0.3) is 11.0 Å². The number of carbonyl (C=O) groups is 1. The molecule has 4 heteroatoms. The highest BCUT2D eigenvalue weighted by Gasteiger charge is 2.16. The predicted octanol–water partition coefficient (Wildman–Crippen LogP) is 3.11. The van der Waals surface area contributed by atoms with Crippen LogP contribution in [-0.2, 0) is 22.4 Å². The van der Waals surface area contributed by atoms with Crippen molar-refractivity contribution in [2.75, 3.05) is 13.7 Å². The summed E-state index contributed by atoms with van der Waals surface area (Å²) in [4.78, 5) is 11.6. The molecule has 0 atom stereocenters. The van der Waals surface area contributed by atoms with Crippen molar-refractivity contribution < 1.29 is 18.7 Å². The number of aryl methyl sites for hydroxylation is 1. The molecule has 2 rings (SSSR count). The minimum absolute atomic E-state index is 0.223. The Morgan fingerprint density at radius 2 is 2.11 bits per heavy atom. The third-order valence-corrected chi connectivity index (χ3v) is 3.09. The number of ether oxygens (including phenoxy) is 2. The fourth-order valence-corrected chi connectivity index (χ4v) is 2.29. The molecule has 102 valence electrons. The van der Waals surface area contributed by atoms with Gasteiger partial charge in [0.15, 0.2) is 0 Å². The van der Waals surface area contributed by atoms with Gasteiger partial charge in [0.25, 0.3) is 0 Å². The van der Waals surface area contributed by atoms with Crippen molar-refractivity contribution in [3.63, 3.8) is 0 Å². The summed E-state index contributed by atoms with van der Waals surface area (Å²) >= 11 is 0. The fraction of sp³-hybridized carbons (Fsp3) is 0.400. The lowest BCUT2D eigenvalue weighted by atomic mass is 10.0. The van der Waals surface area contributed by atoms with Gasteiger partial charge in [-0.1, -0.05) is 6.92 Å². The first-order valence-corrected chi connectivity index (χ1v) is 6.42. The molecule has 0 saturated heterocycles. The maximum atomic E-state index is 11.6. The minimum atomic E-state index is -0.241. The van der Waals surface area contributed by atoms with Crippen molar-refractivity contribution in [3.8, 4) is 5.75 Å². The number of furan rings is 1. The Balaban J connectivity index is 2.47. The fourth-order valence-electron chi connectivity index (χ4n) is 2.29. The third kappa shape index (κ3) is 2.57. The van der Waals surface area contributed by atoms with Gasteiger partial charge < -0.3 is 13.9 Å². The van der Waals surface area contributed by atoms with Crippen LogP contribution < -0.4 is 4.74 Å². The lowest BCUT2D eigenvalue weighted by molar-refractivity contribution is -0.142. The zero-order chi connectivity index (χ0) is 13.8. The van der Waals surface area contributed by atoms with Gasteiger partial charge in [0.05, 0.1) is 26.4 Å². The lowest BCUT2D eigenvalue weighted by Crippen LogP contribution is -2.07. The maximum Gasteiger partial charge on any atom is 0.310 e. The Morgan fingerprint density at radius 3 is 2.74 bits per heavy atom. The van der Waals surface area contributed by atoms with Crippen molar-refractivity contribution in [1.29, 1.82) is 0 Å². The van der Waals surface area contributed by atoms with Crippen LogP contribution in [0.15, 0.2) is 22.8 Å². The molecule has 1 aromatic carbocycles. The Labute approximate surface area is 112 Å². The Hall–Kier alpha value is -1.97. The molecule has 0 unspecified atom stereocenters. The van der Waals surface area contributed by atoms with E-state index in [4.69, 9.17) is 13.9 Å². The Morgan fingerprint density at radius 1 is 1.32 bits per heavy atom. The molecule has 0 amide bonds.